The molecule has 0 spiro atoms. The van der Waals surface area contributed by atoms with Crippen LogP contribution in [0.2, 0.25) is 5.02 Å². The van der Waals surface area contributed by atoms with Gasteiger partial charge >= 0.3 is 0 Å². The first-order valence-corrected chi connectivity index (χ1v) is 17.2. The molecule has 1 N–H and O–H groups in total. The molecular formula is C36H39ClFN3O7S. The summed E-state index contributed by atoms with van der Waals surface area (Å²) in [6.45, 7) is 2.43. The van der Waals surface area contributed by atoms with Gasteiger partial charge in [0.15, 0.2) is 11.5 Å². The Morgan fingerprint density at radius 1 is 0.837 bits per heavy atom. The van der Waals surface area contributed by atoms with Gasteiger partial charge in [-0.1, -0.05) is 60.1 Å². The number of sulfonamides is 1. The van der Waals surface area contributed by atoms with E-state index in [-0.39, 0.29) is 51.7 Å². The minimum atomic E-state index is -4.56. The van der Waals surface area contributed by atoms with Crippen molar-refractivity contribution >= 4 is 39.1 Å². The number of amides is 2. The van der Waals surface area contributed by atoms with E-state index in [9.17, 15) is 18.0 Å². The lowest BCUT2D eigenvalue weighted by Crippen LogP contribution is -2.54. The molecule has 1 atom stereocenters. The van der Waals surface area contributed by atoms with Crippen LogP contribution in [0.5, 0.6) is 17.2 Å². The first-order valence-electron chi connectivity index (χ1n) is 15.3. The van der Waals surface area contributed by atoms with E-state index in [4.69, 9.17) is 25.8 Å². The van der Waals surface area contributed by atoms with Crippen molar-refractivity contribution in [3.63, 3.8) is 0 Å². The Bertz CT molecular complexity index is 1880. The average molecular weight is 712 g/mol. The fraction of sp³-hybridized carbons (Fsp3) is 0.278. The number of anilines is 1. The fourth-order valence-electron chi connectivity index (χ4n) is 5.22. The van der Waals surface area contributed by atoms with Crippen LogP contribution in [0, 0.1) is 5.82 Å². The molecule has 0 radical (unpaired) electrons. The molecule has 4 rings (SSSR count). The van der Waals surface area contributed by atoms with Gasteiger partial charge < -0.3 is 24.4 Å². The minimum absolute atomic E-state index is 0.0322. The van der Waals surface area contributed by atoms with E-state index in [2.05, 4.69) is 5.32 Å². The number of nitrogens with zero attached hydrogens (tertiary/aromatic N) is 2. The number of halogens is 2. The highest BCUT2D eigenvalue weighted by Crippen LogP contribution is 2.37. The Morgan fingerprint density at radius 3 is 2.10 bits per heavy atom. The van der Waals surface area contributed by atoms with Gasteiger partial charge in [0.2, 0.25) is 11.8 Å². The van der Waals surface area contributed by atoms with Gasteiger partial charge in [0.25, 0.3) is 10.0 Å². The summed E-state index contributed by atoms with van der Waals surface area (Å²) < 4.78 is 61.2. The SMILES string of the molecule is COc1ccc(S(=O)(=O)N(CC(=O)N(Cc2ccccc2F)[C@H](Cc2ccccc2)C(=O)NC(C)C)c2cc(Cl)ccc2OC)cc1OC. The normalized spacial score (nSPS) is 11.8. The van der Waals surface area contributed by atoms with Gasteiger partial charge in [0.1, 0.15) is 24.2 Å². The molecule has 0 heterocycles. The predicted octanol–water partition coefficient (Wildman–Crippen LogP) is 5.86. The minimum Gasteiger partial charge on any atom is -0.495 e. The number of nitrogens with one attached hydrogen (secondary N) is 1. The number of hydrogen-bond donors (Lipinski definition) is 1. The van der Waals surface area contributed by atoms with Crippen molar-refractivity contribution in [1.82, 2.24) is 10.2 Å². The zero-order chi connectivity index (χ0) is 35.7. The van der Waals surface area contributed by atoms with Crippen LogP contribution < -0.4 is 23.8 Å². The predicted molar refractivity (Wildman–Crippen MR) is 186 cm³/mol. The fourth-order valence-corrected chi connectivity index (χ4v) is 6.82. The number of methoxy groups -OCH3 is 3. The maximum absolute atomic E-state index is 15.1. The Kier molecular flexibility index (Phi) is 12.5. The summed E-state index contributed by atoms with van der Waals surface area (Å²) in [6, 6.07) is 21.9. The second-order valence-corrected chi connectivity index (χ2v) is 13.6. The second kappa shape index (κ2) is 16.5. The van der Waals surface area contributed by atoms with Crippen LogP contribution in [0.25, 0.3) is 0 Å². The van der Waals surface area contributed by atoms with Gasteiger partial charge in [-0.15, -0.1) is 0 Å². The lowest BCUT2D eigenvalue weighted by Gasteiger charge is -2.34. The Hall–Kier alpha value is -4.81. The van der Waals surface area contributed by atoms with Gasteiger partial charge in [-0.2, -0.15) is 0 Å². The molecule has 0 fully saturated rings. The molecule has 2 amide bonds. The highest BCUT2D eigenvalue weighted by molar-refractivity contribution is 7.92. The zero-order valence-corrected chi connectivity index (χ0v) is 29.4. The summed E-state index contributed by atoms with van der Waals surface area (Å²) in [5.74, 6) is -1.32. The van der Waals surface area contributed by atoms with Crippen LogP contribution in [0.3, 0.4) is 0 Å². The Morgan fingerprint density at radius 2 is 1.47 bits per heavy atom. The number of carbonyl (C=O) groups excluding carboxylic acids is 2. The second-order valence-electron chi connectivity index (χ2n) is 11.3. The topological polar surface area (TPSA) is 114 Å². The molecule has 49 heavy (non-hydrogen) atoms. The first kappa shape index (κ1) is 37.0. The van der Waals surface area contributed by atoms with Crippen LogP contribution in [0.1, 0.15) is 25.0 Å². The highest BCUT2D eigenvalue weighted by atomic mass is 35.5. The maximum atomic E-state index is 15.1. The quantitative estimate of drug-likeness (QED) is 0.164. The van der Waals surface area contributed by atoms with Crippen molar-refractivity contribution in [2.45, 2.75) is 43.8 Å². The third kappa shape index (κ3) is 9.01. The van der Waals surface area contributed by atoms with Gasteiger partial charge in [-0.25, -0.2) is 12.8 Å². The van der Waals surface area contributed by atoms with Gasteiger partial charge in [-0.3, -0.25) is 13.9 Å². The third-order valence-electron chi connectivity index (χ3n) is 7.63. The molecule has 0 unspecified atom stereocenters. The monoisotopic (exact) mass is 711 g/mol. The van der Waals surface area contributed by atoms with Gasteiger partial charge in [-0.05, 0) is 55.8 Å². The summed E-state index contributed by atoms with van der Waals surface area (Å²) >= 11 is 6.35. The molecule has 260 valence electrons. The maximum Gasteiger partial charge on any atom is 0.265 e. The van der Waals surface area contributed by atoms with E-state index in [1.807, 2.05) is 18.2 Å². The Balaban J connectivity index is 1.89. The van der Waals surface area contributed by atoms with E-state index in [0.717, 1.165) is 9.87 Å². The highest BCUT2D eigenvalue weighted by Gasteiger charge is 2.36. The lowest BCUT2D eigenvalue weighted by atomic mass is 10.0. The van der Waals surface area contributed by atoms with E-state index < -0.39 is 40.2 Å². The summed E-state index contributed by atoms with van der Waals surface area (Å²) in [5.41, 5.74) is 0.847. The zero-order valence-electron chi connectivity index (χ0n) is 27.9. The van der Waals surface area contributed by atoms with Crippen molar-refractivity contribution in [2.75, 3.05) is 32.2 Å². The largest absolute Gasteiger partial charge is 0.495 e. The van der Waals surface area contributed by atoms with E-state index in [1.54, 1.807) is 32.0 Å². The third-order valence-corrected chi connectivity index (χ3v) is 9.62. The van der Waals surface area contributed by atoms with Crippen molar-refractivity contribution < 1.29 is 36.6 Å². The molecule has 4 aromatic carbocycles. The average Bonchev–Trinajstić information content (AvgIpc) is 3.09. The molecular weight excluding hydrogens is 673 g/mol. The number of benzene rings is 4. The van der Waals surface area contributed by atoms with Crippen molar-refractivity contribution in [3.05, 3.63) is 113 Å². The van der Waals surface area contributed by atoms with E-state index >= 15 is 4.39 Å². The standard InChI is InChI=1S/C36H39ClFN3O7S/c1-24(2)39-36(43)31(19-25-11-7-6-8-12-25)40(22-26-13-9-10-14-29(26)38)35(42)23-41(30-20-27(37)15-17-32(30)46-3)49(44,45)28-16-18-33(47-4)34(21-28)48-5/h6-18,20-21,24,31H,19,22-23H2,1-5H3,(H,39,43)/t31-/m1/s1. The van der Waals surface area contributed by atoms with Gasteiger partial charge in [0, 0.05) is 35.7 Å². The van der Waals surface area contributed by atoms with E-state index in [1.165, 1.54) is 80.8 Å². The molecule has 0 aliphatic rings. The van der Waals surface area contributed by atoms with Crippen LogP contribution in [-0.2, 0) is 32.6 Å². The van der Waals surface area contributed by atoms with E-state index in [0.29, 0.717) is 5.75 Å². The first-order chi connectivity index (χ1) is 23.4. The number of ether oxygens (including phenoxy) is 3. The molecule has 4 aromatic rings. The summed E-state index contributed by atoms with van der Waals surface area (Å²) in [7, 11) is -0.422. The van der Waals surface area contributed by atoms with Crippen molar-refractivity contribution in [1.29, 1.82) is 0 Å². The van der Waals surface area contributed by atoms with Crippen LogP contribution >= 0.6 is 11.6 Å². The summed E-state index contributed by atoms with van der Waals surface area (Å²) in [6.07, 6.45) is 0.0719. The van der Waals surface area contributed by atoms with Crippen LogP contribution in [0.4, 0.5) is 10.1 Å². The lowest BCUT2D eigenvalue weighted by molar-refractivity contribution is -0.140. The molecule has 13 heteroatoms. The van der Waals surface area contributed by atoms with Crippen molar-refractivity contribution in [2.24, 2.45) is 0 Å². The molecule has 10 nitrogen and oxygen atoms in total. The molecule has 0 bridgehead atoms. The molecule has 0 aliphatic carbocycles. The smallest absolute Gasteiger partial charge is 0.265 e. The summed E-state index contributed by atoms with van der Waals surface area (Å²) in [4.78, 5) is 29.5. The van der Waals surface area contributed by atoms with Crippen molar-refractivity contribution in [3.8, 4) is 17.2 Å². The molecule has 0 saturated heterocycles. The number of hydrogen-bond acceptors (Lipinski definition) is 7. The molecule has 0 aromatic heterocycles. The molecule has 0 saturated carbocycles. The molecule has 0 aliphatic heterocycles. The number of rotatable bonds is 15. The Labute approximate surface area is 291 Å². The van der Waals surface area contributed by atoms with Gasteiger partial charge in [0.05, 0.1) is 31.9 Å². The number of carbonyl (C=O) groups is 2. The van der Waals surface area contributed by atoms with Crippen LogP contribution in [0.15, 0.2) is 95.9 Å². The van der Waals surface area contributed by atoms with Crippen LogP contribution in [-0.4, -0.2) is 65.1 Å². The summed E-state index contributed by atoms with van der Waals surface area (Å²) in [5, 5.41) is 3.05.